The third-order valence-electron chi connectivity index (χ3n) is 3.78. The molecule has 3 rings (SSSR count). The zero-order chi connectivity index (χ0) is 16.9. The van der Waals surface area contributed by atoms with E-state index in [2.05, 4.69) is 10.3 Å². The highest BCUT2D eigenvalue weighted by molar-refractivity contribution is 6.29. The van der Waals surface area contributed by atoms with Crippen molar-refractivity contribution in [2.75, 3.05) is 13.7 Å². The first-order valence-electron chi connectivity index (χ1n) is 7.63. The summed E-state index contributed by atoms with van der Waals surface area (Å²) in [4.78, 5) is 16.5. The molecule has 1 amide bonds. The Kier molecular flexibility index (Phi) is 4.96. The van der Waals surface area contributed by atoms with Gasteiger partial charge in [0.25, 0.3) is 5.91 Å². The fourth-order valence-electron chi connectivity index (χ4n) is 2.46. The molecule has 3 aromatic rings. The van der Waals surface area contributed by atoms with E-state index in [1.807, 2.05) is 36.4 Å². The van der Waals surface area contributed by atoms with Gasteiger partial charge in [0.2, 0.25) is 0 Å². The first-order valence-corrected chi connectivity index (χ1v) is 8.01. The number of rotatable bonds is 5. The van der Waals surface area contributed by atoms with Crippen LogP contribution < -0.4 is 10.1 Å². The summed E-state index contributed by atoms with van der Waals surface area (Å²) in [6, 6.07) is 16.8. The molecule has 1 heterocycles. The minimum Gasteiger partial charge on any atom is -0.497 e. The van der Waals surface area contributed by atoms with E-state index in [0.717, 1.165) is 28.6 Å². The Morgan fingerprint density at radius 2 is 1.92 bits per heavy atom. The molecule has 0 fully saturated rings. The Bertz CT molecular complexity index is 863. The molecule has 0 aliphatic heterocycles. The third-order valence-corrected chi connectivity index (χ3v) is 3.99. The second kappa shape index (κ2) is 7.32. The number of hydrogen-bond donors (Lipinski definition) is 1. The number of halogens is 1. The van der Waals surface area contributed by atoms with Crippen molar-refractivity contribution in [1.82, 2.24) is 10.3 Å². The van der Waals surface area contributed by atoms with Gasteiger partial charge in [-0.25, -0.2) is 4.98 Å². The molecular weight excluding hydrogens is 324 g/mol. The number of fused-ring (bicyclic) bond motifs is 1. The average Bonchev–Trinajstić information content (AvgIpc) is 2.61. The van der Waals surface area contributed by atoms with Crippen molar-refractivity contribution in [1.29, 1.82) is 0 Å². The zero-order valence-electron chi connectivity index (χ0n) is 13.3. The van der Waals surface area contributed by atoms with E-state index in [4.69, 9.17) is 16.3 Å². The number of benzene rings is 2. The van der Waals surface area contributed by atoms with E-state index < -0.39 is 0 Å². The van der Waals surface area contributed by atoms with Crippen LogP contribution in [0.2, 0.25) is 5.15 Å². The Morgan fingerprint density at radius 1 is 1.12 bits per heavy atom. The molecule has 0 saturated heterocycles. The molecule has 2 aromatic carbocycles. The van der Waals surface area contributed by atoms with E-state index in [1.165, 1.54) is 0 Å². The van der Waals surface area contributed by atoms with Gasteiger partial charge in [0, 0.05) is 17.5 Å². The molecule has 0 atom stereocenters. The number of carbonyl (C=O) groups is 1. The van der Waals surface area contributed by atoms with E-state index >= 15 is 0 Å². The van der Waals surface area contributed by atoms with Crippen LogP contribution in [0.15, 0.2) is 54.6 Å². The number of amides is 1. The van der Waals surface area contributed by atoms with Crippen molar-refractivity contribution in [2.45, 2.75) is 6.42 Å². The van der Waals surface area contributed by atoms with Crippen molar-refractivity contribution in [3.8, 4) is 5.75 Å². The number of aromatic nitrogens is 1. The van der Waals surface area contributed by atoms with Gasteiger partial charge in [-0.15, -0.1) is 0 Å². The van der Waals surface area contributed by atoms with Crippen LogP contribution in [0.5, 0.6) is 5.75 Å². The maximum atomic E-state index is 12.3. The molecule has 0 aliphatic carbocycles. The molecule has 122 valence electrons. The maximum Gasteiger partial charge on any atom is 0.251 e. The minimum atomic E-state index is -0.0969. The summed E-state index contributed by atoms with van der Waals surface area (Å²) in [6.45, 7) is 0.571. The topological polar surface area (TPSA) is 51.2 Å². The predicted octanol–water partition coefficient (Wildman–Crippen LogP) is 3.87. The van der Waals surface area contributed by atoms with Crippen LogP contribution in [-0.2, 0) is 6.42 Å². The number of nitrogens with one attached hydrogen (secondary N) is 1. The summed E-state index contributed by atoms with van der Waals surface area (Å²) >= 11 is 5.87. The number of ether oxygens (including phenoxy) is 1. The first-order chi connectivity index (χ1) is 11.7. The van der Waals surface area contributed by atoms with Crippen molar-refractivity contribution < 1.29 is 9.53 Å². The van der Waals surface area contributed by atoms with Gasteiger partial charge in [-0.05, 0) is 54.4 Å². The molecule has 0 unspecified atom stereocenters. The lowest BCUT2D eigenvalue weighted by Crippen LogP contribution is -2.25. The number of nitrogens with zero attached hydrogens (tertiary/aromatic N) is 1. The lowest BCUT2D eigenvalue weighted by Gasteiger charge is -2.07. The van der Waals surface area contributed by atoms with Crippen molar-refractivity contribution >= 4 is 28.4 Å². The summed E-state index contributed by atoms with van der Waals surface area (Å²) in [5.41, 5.74) is 2.53. The molecule has 4 nitrogen and oxygen atoms in total. The third kappa shape index (κ3) is 3.84. The highest BCUT2D eigenvalue weighted by Crippen LogP contribution is 2.17. The smallest absolute Gasteiger partial charge is 0.251 e. The predicted molar refractivity (Wildman–Crippen MR) is 95.8 cm³/mol. The fourth-order valence-corrected chi connectivity index (χ4v) is 2.61. The maximum absolute atomic E-state index is 12.3. The molecular formula is C19H17ClN2O2. The molecule has 1 aromatic heterocycles. The Hall–Kier alpha value is -2.59. The van der Waals surface area contributed by atoms with Crippen molar-refractivity contribution in [3.63, 3.8) is 0 Å². The highest BCUT2D eigenvalue weighted by Gasteiger charge is 2.07. The first kappa shape index (κ1) is 16.3. The average molecular weight is 341 g/mol. The van der Waals surface area contributed by atoms with Crippen molar-refractivity contribution in [2.24, 2.45) is 0 Å². The van der Waals surface area contributed by atoms with Gasteiger partial charge in [0.05, 0.1) is 12.6 Å². The summed E-state index contributed by atoms with van der Waals surface area (Å²) in [5, 5.41) is 4.27. The van der Waals surface area contributed by atoms with Crippen LogP contribution in [0.4, 0.5) is 0 Å². The van der Waals surface area contributed by atoms with Gasteiger partial charge < -0.3 is 10.1 Å². The van der Waals surface area contributed by atoms with Crippen LogP contribution in [-0.4, -0.2) is 24.5 Å². The van der Waals surface area contributed by atoms with Gasteiger partial charge in [-0.1, -0.05) is 23.7 Å². The normalized spacial score (nSPS) is 10.6. The Morgan fingerprint density at radius 3 is 2.67 bits per heavy atom. The van der Waals surface area contributed by atoms with Crippen molar-refractivity contribution in [3.05, 3.63) is 70.9 Å². The number of hydrogen-bond acceptors (Lipinski definition) is 3. The summed E-state index contributed by atoms with van der Waals surface area (Å²) in [5.74, 6) is 0.730. The lowest BCUT2D eigenvalue weighted by atomic mass is 10.1. The molecule has 0 radical (unpaired) electrons. The standard InChI is InChI=1S/C19H17ClN2O2/c1-24-16-6-2-13(3-7-16)10-11-21-19(23)15-4-8-17-14(12-15)5-9-18(20)22-17/h2-9,12H,10-11H2,1H3,(H,21,23). The second-order valence-corrected chi connectivity index (χ2v) is 5.78. The van der Waals surface area contributed by atoms with Gasteiger partial charge >= 0.3 is 0 Å². The van der Waals surface area contributed by atoms with Gasteiger partial charge in [-0.3, -0.25) is 4.79 Å². The van der Waals surface area contributed by atoms with Crippen LogP contribution in [0.25, 0.3) is 10.9 Å². The van der Waals surface area contributed by atoms with Gasteiger partial charge in [-0.2, -0.15) is 0 Å². The van der Waals surface area contributed by atoms with Gasteiger partial charge in [0.15, 0.2) is 0 Å². The van der Waals surface area contributed by atoms with Crippen LogP contribution in [0.1, 0.15) is 15.9 Å². The molecule has 1 N–H and O–H groups in total. The molecule has 24 heavy (non-hydrogen) atoms. The summed E-state index contributed by atoms with van der Waals surface area (Å²) in [6.07, 6.45) is 0.764. The molecule has 0 saturated carbocycles. The molecule has 0 bridgehead atoms. The van der Waals surface area contributed by atoms with Crippen LogP contribution in [0.3, 0.4) is 0 Å². The number of methoxy groups -OCH3 is 1. The number of pyridine rings is 1. The summed E-state index contributed by atoms with van der Waals surface area (Å²) in [7, 11) is 1.64. The van der Waals surface area contributed by atoms with Gasteiger partial charge in [0.1, 0.15) is 10.9 Å². The monoisotopic (exact) mass is 340 g/mol. The largest absolute Gasteiger partial charge is 0.497 e. The SMILES string of the molecule is COc1ccc(CCNC(=O)c2ccc3nc(Cl)ccc3c2)cc1. The highest BCUT2D eigenvalue weighted by atomic mass is 35.5. The quantitative estimate of drug-likeness (QED) is 0.717. The van der Waals surface area contributed by atoms with E-state index in [0.29, 0.717) is 17.3 Å². The second-order valence-electron chi connectivity index (χ2n) is 5.40. The van der Waals surface area contributed by atoms with Crippen LogP contribution >= 0.6 is 11.6 Å². The minimum absolute atomic E-state index is 0.0969. The Balaban J connectivity index is 1.61. The molecule has 0 spiro atoms. The molecule has 0 aliphatic rings. The summed E-state index contributed by atoms with van der Waals surface area (Å²) < 4.78 is 5.13. The number of carbonyl (C=O) groups excluding carboxylic acids is 1. The van der Waals surface area contributed by atoms with E-state index in [9.17, 15) is 4.79 Å². The van der Waals surface area contributed by atoms with E-state index in [-0.39, 0.29) is 5.91 Å². The Labute approximate surface area is 145 Å². The van der Waals surface area contributed by atoms with E-state index in [1.54, 1.807) is 25.3 Å². The van der Waals surface area contributed by atoms with Crippen LogP contribution in [0, 0.1) is 0 Å². The fraction of sp³-hybridized carbons (Fsp3) is 0.158. The molecule has 5 heteroatoms. The zero-order valence-corrected chi connectivity index (χ0v) is 14.0. The lowest BCUT2D eigenvalue weighted by molar-refractivity contribution is 0.0954.